The van der Waals surface area contributed by atoms with E-state index in [9.17, 15) is 9.18 Å². The van der Waals surface area contributed by atoms with Gasteiger partial charge in [0.05, 0.1) is 7.05 Å². The van der Waals surface area contributed by atoms with Crippen molar-refractivity contribution in [1.82, 2.24) is 5.32 Å². The molecule has 6 heteroatoms. The van der Waals surface area contributed by atoms with Crippen LogP contribution in [0.1, 0.15) is 11.1 Å². The molecular weight excluding hydrogens is 311 g/mol. The summed E-state index contributed by atoms with van der Waals surface area (Å²) in [7, 11) is 1.96. The molecule has 0 radical (unpaired) electrons. The summed E-state index contributed by atoms with van der Waals surface area (Å²) in [6, 6.07) is 11.9. The number of hydrogen-bond donors (Lipinski definition) is 2. The maximum absolute atomic E-state index is 12.8. The SMILES string of the molecule is C[NH+](CC(=O)NCc1ccc(F)cc1)Cc1ccc2c(c1)OCO2. The molecule has 0 aromatic heterocycles. The number of rotatable bonds is 6. The average Bonchev–Trinajstić information content (AvgIpc) is 3.02. The molecule has 0 fully saturated rings. The smallest absolute Gasteiger partial charge is 0.275 e. The van der Waals surface area contributed by atoms with Crippen molar-refractivity contribution in [2.45, 2.75) is 13.1 Å². The number of carbonyl (C=O) groups is 1. The Hall–Kier alpha value is -2.60. The van der Waals surface area contributed by atoms with E-state index in [1.54, 1.807) is 12.1 Å². The summed E-state index contributed by atoms with van der Waals surface area (Å²) in [5.74, 6) is 1.19. The van der Waals surface area contributed by atoms with Crippen LogP contribution in [0.2, 0.25) is 0 Å². The Labute approximate surface area is 140 Å². The number of halogens is 1. The molecule has 2 aromatic rings. The van der Waals surface area contributed by atoms with Crippen LogP contribution in [-0.4, -0.2) is 26.3 Å². The minimum Gasteiger partial charge on any atom is -0.454 e. The molecule has 5 nitrogen and oxygen atoms in total. The third kappa shape index (κ3) is 4.23. The van der Waals surface area contributed by atoms with Crippen LogP contribution in [0, 0.1) is 5.82 Å². The zero-order chi connectivity index (χ0) is 16.9. The Bertz CT molecular complexity index is 719. The van der Waals surface area contributed by atoms with Crippen LogP contribution in [0.3, 0.4) is 0 Å². The van der Waals surface area contributed by atoms with E-state index in [1.165, 1.54) is 12.1 Å². The first kappa shape index (κ1) is 16.3. The largest absolute Gasteiger partial charge is 0.454 e. The number of fused-ring (bicyclic) bond motifs is 1. The Kier molecular flexibility index (Phi) is 4.96. The van der Waals surface area contributed by atoms with Crippen molar-refractivity contribution in [2.24, 2.45) is 0 Å². The van der Waals surface area contributed by atoms with Crippen LogP contribution >= 0.6 is 0 Å². The second-order valence-corrected chi connectivity index (χ2v) is 5.90. The number of likely N-dealkylation sites (N-methyl/N-ethyl adjacent to an activating group) is 1. The lowest BCUT2D eigenvalue weighted by Gasteiger charge is -2.14. The van der Waals surface area contributed by atoms with Crippen molar-refractivity contribution in [1.29, 1.82) is 0 Å². The first-order chi connectivity index (χ1) is 11.6. The summed E-state index contributed by atoms with van der Waals surface area (Å²) >= 11 is 0. The van der Waals surface area contributed by atoms with Gasteiger partial charge in [0.1, 0.15) is 12.4 Å². The number of hydrogen-bond acceptors (Lipinski definition) is 3. The van der Waals surface area contributed by atoms with Crippen molar-refractivity contribution < 1.29 is 23.6 Å². The van der Waals surface area contributed by atoms with Gasteiger partial charge in [-0.3, -0.25) is 4.79 Å². The third-order valence-corrected chi connectivity index (χ3v) is 3.81. The minimum absolute atomic E-state index is 0.0439. The van der Waals surface area contributed by atoms with Gasteiger partial charge in [-0.05, 0) is 35.9 Å². The Morgan fingerprint density at radius 2 is 1.83 bits per heavy atom. The predicted molar refractivity (Wildman–Crippen MR) is 86.3 cm³/mol. The highest BCUT2D eigenvalue weighted by Crippen LogP contribution is 2.32. The van der Waals surface area contributed by atoms with E-state index in [0.29, 0.717) is 19.6 Å². The van der Waals surface area contributed by atoms with Gasteiger partial charge in [-0.1, -0.05) is 12.1 Å². The number of ether oxygens (including phenoxy) is 2. The second-order valence-electron chi connectivity index (χ2n) is 5.90. The number of nitrogens with one attached hydrogen (secondary N) is 2. The lowest BCUT2D eigenvalue weighted by Crippen LogP contribution is -3.08. The zero-order valence-electron chi connectivity index (χ0n) is 13.5. The van der Waals surface area contributed by atoms with Crippen LogP contribution in [-0.2, 0) is 17.9 Å². The van der Waals surface area contributed by atoms with Crippen LogP contribution in [0.4, 0.5) is 4.39 Å². The molecule has 0 saturated heterocycles. The Morgan fingerprint density at radius 1 is 1.12 bits per heavy atom. The molecule has 1 amide bonds. The molecule has 24 heavy (non-hydrogen) atoms. The molecule has 1 heterocycles. The molecular formula is C18H20FN2O3+. The molecule has 1 atom stereocenters. The fourth-order valence-corrected chi connectivity index (χ4v) is 2.60. The highest BCUT2D eigenvalue weighted by atomic mass is 19.1. The van der Waals surface area contributed by atoms with Crippen LogP contribution in [0.15, 0.2) is 42.5 Å². The zero-order valence-corrected chi connectivity index (χ0v) is 13.5. The van der Waals surface area contributed by atoms with Crippen molar-refractivity contribution in [3.63, 3.8) is 0 Å². The van der Waals surface area contributed by atoms with E-state index in [2.05, 4.69) is 5.32 Å². The second kappa shape index (κ2) is 7.31. The van der Waals surface area contributed by atoms with Crippen molar-refractivity contribution in [3.8, 4) is 11.5 Å². The summed E-state index contributed by atoms with van der Waals surface area (Å²) in [5, 5.41) is 2.85. The van der Waals surface area contributed by atoms with E-state index < -0.39 is 0 Å². The van der Waals surface area contributed by atoms with Gasteiger partial charge in [0.2, 0.25) is 6.79 Å². The molecule has 3 rings (SSSR count). The van der Waals surface area contributed by atoms with Crippen LogP contribution in [0.25, 0.3) is 0 Å². The summed E-state index contributed by atoms with van der Waals surface area (Å²) < 4.78 is 23.5. The quantitative estimate of drug-likeness (QED) is 0.826. The summed E-state index contributed by atoms with van der Waals surface area (Å²) in [5.41, 5.74) is 1.96. The molecule has 0 spiro atoms. The lowest BCUT2D eigenvalue weighted by molar-refractivity contribution is -0.885. The monoisotopic (exact) mass is 331 g/mol. The fourth-order valence-electron chi connectivity index (χ4n) is 2.60. The van der Waals surface area contributed by atoms with E-state index in [1.807, 2.05) is 25.2 Å². The fraction of sp³-hybridized carbons (Fsp3) is 0.278. The van der Waals surface area contributed by atoms with Gasteiger partial charge in [0, 0.05) is 12.1 Å². The van der Waals surface area contributed by atoms with Crippen LogP contribution < -0.4 is 19.7 Å². The topological polar surface area (TPSA) is 52.0 Å². The summed E-state index contributed by atoms with van der Waals surface area (Å²) in [4.78, 5) is 13.1. The van der Waals surface area contributed by atoms with Gasteiger partial charge in [-0.2, -0.15) is 0 Å². The maximum Gasteiger partial charge on any atom is 0.275 e. The predicted octanol–water partition coefficient (Wildman–Crippen LogP) is 0.886. The maximum atomic E-state index is 12.8. The van der Waals surface area contributed by atoms with Gasteiger partial charge < -0.3 is 19.7 Å². The summed E-state index contributed by atoms with van der Waals surface area (Å²) in [6.45, 7) is 1.72. The molecule has 0 bridgehead atoms. The highest BCUT2D eigenvalue weighted by molar-refractivity contribution is 5.76. The normalized spacial score (nSPS) is 13.6. The molecule has 0 aliphatic carbocycles. The number of benzene rings is 2. The number of amides is 1. The molecule has 2 aromatic carbocycles. The standard InChI is InChI=1S/C18H19FN2O3/c1-21(10-14-4-7-16-17(8-14)24-12-23-16)11-18(22)20-9-13-2-5-15(19)6-3-13/h2-8H,9-12H2,1H3,(H,20,22)/p+1. The molecule has 2 N–H and O–H groups in total. The Balaban J connectivity index is 1.46. The van der Waals surface area contributed by atoms with E-state index in [4.69, 9.17) is 9.47 Å². The molecule has 1 unspecified atom stereocenters. The van der Waals surface area contributed by atoms with Gasteiger partial charge >= 0.3 is 0 Å². The molecule has 0 saturated carbocycles. The number of quaternary nitrogens is 1. The van der Waals surface area contributed by atoms with Crippen molar-refractivity contribution >= 4 is 5.91 Å². The first-order valence-electron chi connectivity index (χ1n) is 7.81. The van der Waals surface area contributed by atoms with E-state index >= 15 is 0 Å². The number of carbonyl (C=O) groups excluding carboxylic acids is 1. The minimum atomic E-state index is -0.280. The first-order valence-corrected chi connectivity index (χ1v) is 7.81. The van der Waals surface area contributed by atoms with Gasteiger partial charge in [-0.15, -0.1) is 0 Å². The van der Waals surface area contributed by atoms with Gasteiger partial charge in [0.15, 0.2) is 18.0 Å². The average molecular weight is 331 g/mol. The Morgan fingerprint density at radius 3 is 2.62 bits per heavy atom. The molecule has 1 aliphatic heterocycles. The van der Waals surface area contributed by atoms with Crippen molar-refractivity contribution in [2.75, 3.05) is 20.4 Å². The van der Waals surface area contributed by atoms with Gasteiger partial charge in [-0.25, -0.2) is 4.39 Å². The van der Waals surface area contributed by atoms with Crippen molar-refractivity contribution in [3.05, 3.63) is 59.4 Å². The molecule has 126 valence electrons. The van der Waals surface area contributed by atoms with E-state index in [0.717, 1.165) is 27.5 Å². The molecule has 1 aliphatic rings. The lowest BCUT2D eigenvalue weighted by atomic mass is 10.2. The van der Waals surface area contributed by atoms with Crippen LogP contribution in [0.5, 0.6) is 11.5 Å². The third-order valence-electron chi connectivity index (χ3n) is 3.81. The van der Waals surface area contributed by atoms with Gasteiger partial charge in [0.25, 0.3) is 5.91 Å². The van der Waals surface area contributed by atoms with E-state index in [-0.39, 0.29) is 18.5 Å². The summed E-state index contributed by atoms with van der Waals surface area (Å²) in [6.07, 6.45) is 0. The highest BCUT2D eigenvalue weighted by Gasteiger charge is 2.16.